The molecule has 0 bridgehead atoms. The summed E-state index contributed by atoms with van der Waals surface area (Å²) in [5.41, 5.74) is 2.39. The lowest BCUT2D eigenvalue weighted by molar-refractivity contribution is -0.114. The van der Waals surface area contributed by atoms with Crippen molar-refractivity contribution < 1.29 is 9.59 Å². The zero-order valence-corrected chi connectivity index (χ0v) is 9.07. The van der Waals surface area contributed by atoms with E-state index in [1.807, 2.05) is 12.1 Å². The minimum atomic E-state index is -0.439. The Labute approximate surface area is 88.7 Å². The Morgan fingerprint density at radius 1 is 1.20 bits per heavy atom. The molecule has 0 saturated carbocycles. The molecule has 1 heterocycles. The number of benzene rings is 1. The second kappa shape index (κ2) is 3.19. The summed E-state index contributed by atoms with van der Waals surface area (Å²) in [6.45, 7) is 4.17. The molecular formula is C12H13NO2. The first-order chi connectivity index (χ1) is 7.02. The summed E-state index contributed by atoms with van der Waals surface area (Å²) in [6, 6.07) is 5.57. The number of hydrogen-bond acceptors (Lipinski definition) is 2. The number of carbonyl (C=O) groups excluding carboxylic acids is 2. The molecule has 0 unspecified atom stereocenters. The maximum absolute atomic E-state index is 11.5. The molecule has 1 aromatic carbocycles. The number of carbonyl (C=O) groups is 2. The first-order valence-electron chi connectivity index (χ1n) is 4.98. The fourth-order valence-electron chi connectivity index (χ4n) is 1.75. The van der Waals surface area contributed by atoms with Crippen LogP contribution in [0.4, 0.5) is 5.69 Å². The summed E-state index contributed by atoms with van der Waals surface area (Å²) in [7, 11) is 1.64. The van der Waals surface area contributed by atoms with Crippen molar-refractivity contribution in [2.45, 2.75) is 19.8 Å². The molecule has 0 N–H and O–H groups in total. The van der Waals surface area contributed by atoms with Crippen LogP contribution in [0.2, 0.25) is 0 Å². The third-order valence-corrected chi connectivity index (χ3v) is 2.79. The van der Waals surface area contributed by atoms with E-state index in [0.29, 0.717) is 11.5 Å². The summed E-state index contributed by atoms with van der Waals surface area (Å²) in [5.74, 6) is -0.441. The van der Waals surface area contributed by atoms with Crippen molar-refractivity contribution >= 4 is 17.4 Å². The topological polar surface area (TPSA) is 37.4 Å². The van der Waals surface area contributed by atoms with Gasteiger partial charge in [0.25, 0.3) is 11.7 Å². The number of fused-ring (bicyclic) bond motifs is 1. The molecule has 0 radical (unpaired) electrons. The standard InChI is InChI=1S/C12H13NO2/c1-7(2)8-4-5-9-10(6-8)13(3)12(15)11(9)14/h4-7H,1-3H3. The molecule has 0 spiro atoms. The van der Waals surface area contributed by atoms with Crippen LogP contribution in [0, 0.1) is 0 Å². The van der Waals surface area contributed by atoms with Gasteiger partial charge in [0.15, 0.2) is 0 Å². The van der Waals surface area contributed by atoms with Crippen molar-refractivity contribution in [3.63, 3.8) is 0 Å². The minimum Gasteiger partial charge on any atom is -0.308 e. The Morgan fingerprint density at radius 2 is 1.87 bits per heavy atom. The molecule has 1 aliphatic rings. The zero-order valence-electron chi connectivity index (χ0n) is 9.07. The van der Waals surface area contributed by atoms with Gasteiger partial charge < -0.3 is 4.90 Å². The summed E-state index contributed by atoms with van der Waals surface area (Å²) in [6.07, 6.45) is 0. The van der Waals surface area contributed by atoms with Gasteiger partial charge in [-0.15, -0.1) is 0 Å². The first kappa shape index (κ1) is 9.90. The van der Waals surface area contributed by atoms with Crippen molar-refractivity contribution in [3.8, 4) is 0 Å². The highest BCUT2D eigenvalue weighted by molar-refractivity contribution is 6.52. The van der Waals surface area contributed by atoms with Crippen molar-refractivity contribution in [3.05, 3.63) is 29.3 Å². The van der Waals surface area contributed by atoms with Gasteiger partial charge in [-0.3, -0.25) is 9.59 Å². The molecule has 1 aromatic rings. The molecule has 3 nitrogen and oxygen atoms in total. The lowest BCUT2D eigenvalue weighted by Crippen LogP contribution is -2.24. The van der Waals surface area contributed by atoms with E-state index < -0.39 is 11.7 Å². The van der Waals surface area contributed by atoms with Gasteiger partial charge in [0, 0.05) is 7.05 Å². The fraction of sp³-hybridized carbons (Fsp3) is 0.333. The minimum absolute atomic E-state index is 0.398. The molecule has 1 amide bonds. The fourth-order valence-corrected chi connectivity index (χ4v) is 1.75. The summed E-state index contributed by atoms with van der Waals surface area (Å²) in [4.78, 5) is 24.3. The Bertz CT molecular complexity index is 449. The van der Waals surface area contributed by atoms with Crippen LogP contribution in [-0.4, -0.2) is 18.7 Å². The highest BCUT2D eigenvalue weighted by Gasteiger charge is 2.33. The molecule has 1 aliphatic heterocycles. The van der Waals surface area contributed by atoms with Gasteiger partial charge in [-0.25, -0.2) is 0 Å². The van der Waals surface area contributed by atoms with Crippen LogP contribution in [0.3, 0.4) is 0 Å². The van der Waals surface area contributed by atoms with E-state index >= 15 is 0 Å². The Balaban J connectivity index is 2.56. The van der Waals surface area contributed by atoms with Crippen molar-refractivity contribution in [1.82, 2.24) is 0 Å². The van der Waals surface area contributed by atoms with E-state index in [1.165, 1.54) is 4.90 Å². The third-order valence-electron chi connectivity index (χ3n) is 2.79. The van der Waals surface area contributed by atoms with Crippen LogP contribution in [0.5, 0.6) is 0 Å². The average molecular weight is 203 g/mol. The molecular weight excluding hydrogens is 190 g/mol. The maximum Gasteiger partial charge on any atom is 0.299 e. The van der Waals surface area contributed by atoms with Crippen LogP contribution in [-0.2, 0) is 4.79 Å². The van der Waals surface area contributed by atoms with Gasteiger partial charge in [0.2, 0.25) is 0 Å². The molecule has 15 heavy (non-hydrogen) atoms. The van der Waals surface area contributed by atoms with E-state index in [-0.39, 0.29) is 0 Å². The maximum atomic E-state index is 11.5. The monoisotopic (exact) mass is 203 g/mol. The van der Waals surface area contributed by atoms with Crippen LogP contribution in [0.1, 0.15) is 35.7 Å². The molecule has 0 fully saturated rings. The first-order valence-corrected chi connectivity index (χ1v) is 4.98. The zero-order chi connectivity index (χ0) is 11.2. The number of amides is 1. The van der Waals surface area contributed by atoms with E-state index in [1.54, 1.807) is 13.1 Å². The molecule has 0 aliphatic carbocycles. The second-order valence-corrected chi connectivity index (χ2v) is 4.12. The van der Waals surface area contributed by atoms with Gasteiger partial charge in [0.05, 0.1) is 11.3 Å². The van der Waals surface area contributed by atoms with Crippen LogP contribution < -0.4 is 4.90 Å². The largest absolute Gasteiger partial charge is 0.308 e. The molecule has 78 valence electrons. The number of anilines is 1. The quantitative estimate of drug-likeness (QED) is 0.654. The second-order valence-electron chi connectivity index (χ2n) is 4.12. The summed E-state index contributed by atoms with van der Waals surface area (Å²) >= 11 is 0. The SMILES string of the molecule is CC(C)c1ccc2c(c1)N(C)C(=O)C2=O. The normalized spacial score (nSPS) is 15.1. The number of hydrogen-bond donors (Lipinski definition) is 0. The third kappa shape index (κ3) is 1.35. The molecule has 0 atom stereocenters. The Morgan fingerprint density at radius 3 is 2.47 bits per heavy atom. The van der Waals surface area contributed by atoms with Crippen molar-refractivity contribution in [2.24, 2.45) is 0 Å². The number of rotatable bonds is 1. The number of Topliss-reactive ketones (excluding diaryl/α,β-unsaturated/α-hetero) is 1. The van der Waals surface area contributed by atoms with Gasteiger partial charge in [-0.05, 0) is 23.6 Å². The molecule has 0 aromatic heterocycles. The van der Waals surface area contributed by atoms with Crippen LogP contribution in [0.25, 0.3) is 0 Å². The van der Waals surface area contributed by atoms with Crippen LogP contribution >= 0.6 is 0 Å². The van der Waals surface area contributed by atoms with Gasteiger partial charge in [-0.1, -0.05) is 19.9 Å². The van der Waals surface area contributed by atoms with Gasteiger partial charge in [-0.2, -0.15) is 0 Å². The number of nitrogens with zero attached hydrogens (tertiary/aromatic N) is 1. The summed E-state index contributed by atoms with van der Waals surface area (Å²) < 4.78 is 0. The van der Waals surface area contributed by atoms with Gasteiger partial charge in [0.1, 0.15) is 0 Å². The van der Waals surface area contributed by atoms with E-state index in [4.69, 9.17) is 0 Å². The highest BCUT2D eigenvalue weighted by Crippen LogP contribution is 2.30. The van der Waals surface area contributed by atoms with E-state index in [0.717, 1.165) is 11.3 Å². The molecule has 0 saturated heterocycles. The average Bonchev–Trinajstić information content (AvgIpc) is 2.44. The number of ketones is 1. The smallest absolute Gasteiger partial charge is 0.299 e. The van der Waals surface area contributed by atoms with Gasteiger partial charge >= 0.3 is 0 Å². The Kier molecular flexibility index (Phi) is 2.11. The predicted octanol–water partition coefficient (Wildman–Crippen LogP) is 1.97. The Hall–Kier alpha value is -1.64. The lowest BCUT2D eigenvalue weighted by atomic mass is 10.0. The lowest BCUT2D eigenvalue weighted by Gasteiger charge is -2.11. The highest BCUT2D eigenvalue weighted by atomic mass is 16.2. The van der Waals surface area contributed by atoms with Crippen LogP contribution in [0.15, 0.2) is 18.2 Å². The predicted molar refractivity (Wildman–Crippen MR) is 58.3 cm³/mol. The molecule has 2 rings (SSSR count). The van der Waals surface area contributed by atoms with Crippen molar-refractivity contribution in [1.29, 1.82) is 0 Å². The van der Waals surface area contributed by atoms with E-state index in [2.05, 4.69) is 13.8 Å². The van der Waals surface area contributed by atoms with E-state index in [9.17, 15) is 9.59 Å². The van der Waals surface area contributed by atoms with Crippen molar-refractivity contribution in [2.75, 3.05) is 11.9 Å². The summed E-state index contributed by atoms with van der Waals surface area (Å²) in [5, 5.41) is 0. The number of likely N-dealkylation sites (N-methyl/N-ethyl adjacent to an activating group) is 1. The molecule has 3 heteroatoms.